The number of carbonyl (C=O) groups is 3. The van der Waals surface area contributed by atoms with Gasteiger partial charge >= 0.3 is 0 Å². The summed E-state index contributed by atoms with van der Waals surface area (Å²) < 4.78 is 1.98. The van der Waals surface area contributed by atoms with E-state index in [2.05, 4.69) is 10.3 Å². The molecule has 1 aliphatic heterocycles. The minimum absolute atomic E-state index is 0.160. The van der Waals surface area contributed by atoms with E-state index in [0.29, 0.717) is 23.2 Å². The van der Waals surface area contributed by atoms with Gasteiger partial charge in [-0.1, -0.05) is 24.3 Å². The summed E-state index contributed by atoms with van der Waals surface area (Å²) in [5.74, 6) is -0.752. The van der Waals surface area contributed by atoms with Crippen LogP contribution in [0.25, 0.3) is 16.2 Å². The third-order valence-electron chi connectivity index (χ3n) is 5.22. The maximum absolute atomic E-state index is 12.4. The molecule has 1 aliphatic rings. The van der Waals surface area contributed by atoms with E-state index < -0.39 is 0 Å². The largest absolute Gasteiger partial charge is 0.326 e. The van der Waals surface area contributed by atoms with Crippen LogP contribution in [0.5, 0.6) is 0 Å². The number of benzene rings is 2. The Morgan fingerprint density at radius 2 is 1.71 bits per heavy atom. The van der Waals surface area contributed by atoms with Crippen LogP contribution in [-0.4, -0.2) is 38.6 Å². The quantitative estimate of drug-likeness (QED) is 0.467. The van der Waals surface area contributed by atoms with E-state index in [4.69, 9.17) is 0 Å². The molecule has 2 aromatic carbocycles. The average molecular weight is 430 g/mol. The number of carbonyl (C=O) groups excluding carboxylic acids is 3. The molecule has 154 valence electrons. The van der Waals surface area contributed by atoms with E-state index in [1.165, 1.54) is 4.90 Å². The molecule has 3 heterocycles. The Balaban J connectivity index is 1.15. The summed E-state index contributed by atoms with van der Waals surface area (Å²) in [6, 6.07) is 14.3. The highest BCUT2D eigenvalue weighted by molar-refractivity contribution is 7.15. The number of hydrogen-bond acceptors (Lipinski definition) is 5. The number of anilines is 1. The highest BCUT2D eigenvalue weighted by atomic mass is 32.1. The fraction of sp³-hybridized carbons (Fsp3) is 0.130. The van der Waals surface area contributed by atoms with E-state index in [9.17, 15) is 14.4 Å². The van der Waals surface area contributed by atoms with E-state index in [1.807, 2.05) is 46.4 Å². The summed E-state index contributed by atoms with van der Waals surface area (Å²) in [6.07, 6.45) is 4.55. The zero-order valence-corrected chi connectivity index (χ0v) is 17.3. The van der Waals surface area contributed by atoms with Crippen LogP contribution in [0.3, 0.4) is 0 Å². The van der Waals surface area contributed by atoms with Gasteiger partial charge in [-0.25, -0.2) is 4.98 Å². The van der Waals surface area contributed by atoms with Crippen LogP contribution < -0.4 is 5.32 Å². The first kappa shape index (κ1) is 19.2. The van der Waals surface area contributed by atoms with Gasteiger partial charge in [-0.15, -0.1) is 11.3 Å². The van der Waals surface area contributed by atoms with Crippen LogP contribution in [0.4, 0.5) is 5.69 Å². The molecule has 7 nitrogen and oxygen atoms in total. The van der Waals surface area contributed by atoms with Crippen LogP contribution in [-0.2, 0) is 4.79 Å². The Bertz CT molecular complexity index is 1240. The Morgan fingerprint density at radius 3 is 2.39 bits per heavy atom. The van der Waals surface area contributed by atoms with Gasteiger partial charge in [0.2, 0.25) is 5.91 Å². The Hall–Kier alpha value is -3.78. The fourth-order valence-corrected chi connectivity index (χ4v) is 4.35. The molecule has 1 N–H and O–H groups in total. The number of rotatable bonds is 6. The van der Waals surface area contributed by atoms with E-state index >= 15 is 0 Å². The standard InChI is InChI=1S/C23H18N4O3S/c28-20(6-3-11-27-21(29)17-4-1-2-5-18(17)22(27)30)24-16-9-7-15(8-10-16)19-14-26-12-13-31-23(26)25-19/h1-2,4-5,7-10,12-14H,3,6,11H2,(H,24,28). The molecular formula is C23H18N4O3S. The van der Waals surface area contributed by atoms with Crippen molar-refractivity contribution in [2.45, 2.75) is 12.8 Å². The number of imide groups is 1. The van der Waals surface area contributed by atoms with Gasteiger partial charge in [0.25, 0.3) is 11.8 Å². The van der Waals surface area contributed by atoms with E-state index in [-0.39, 0.29) is 30.7 Å². The number of hydrogen-bond donors (Lipinski definition) is 1. The van der Waals surface area contributed by atoms with Gasteiger partial charge in [-0.05, 0) is 30.7 Å². The molecule has 5 rings (SSSR count). The lowest BCUT2D eigenvalue weighted by Crippen LogP contribution is -2.31. The molecule has 0 bridgehead atoms. The molecule has 3 amide bonds. The second kappa shape index (κ2) is 7.81. The first-order valence-electron chi connectivity index (χ1n) is 9.88. The van der Waals surface area contributed by atoms with Crippen LogP contribution in [0, 0.1) is 0 Å². The van der Waals surface area contributed by atoms with Crippen molar-refractivity contribution in [2.24, 2.45) is 0 Å². The van der Waals surface area contributed by atoms with Gasteiger partial charge in [-0.3, -0.25) is 23.7 Å². The number of thiazole rings is 1. The first-order chi connectivity index (χ1) is 15.1. The second-order valence-corrected chi connectivity index (χ2v) is 8.13. The number of fused-ring (bicyclic) bond motifs is 2. The number of aromatic nitrogens is 2. The first-order valence-corrected chi connectivity index (χ1v) is 10.8. The number of amides is 3. The van der Waals surface area contributed by atoms with Crippen molar-refractivity contribution in [1.82, 2.24) is 14.3 Å². The lowest BCUT2D eigenvalue weighted by molar-refractivity contribution is -0.116. The Kier molecular flexibility index (Phi) is 4.83. The summed E-state index contributed by atoms with van der Waals surface area (Å²) >= 11 is 1.58. The van der Waals surface area contributed by atoms with Gasteiger partial charge in [-0.2, -0.15) is 0 Å². The predicted octanol–water partition coefficient (Wildman–Crippen LogP) is 4.08. The normalized spacial score (nSPS) is 13.1. The molecule has 0 radical (unpaired) electrons. The van der Waals surface area contributed by atoms with Crippen molar-refractivity contribution in [2.75, 3.05) is 11.9 Å². The van der Waals surface area contributed by atoms with Crippen LogP contribution >= 0.6 is 11.3 Å². The Morgan fingerprint density at radius 1 is 1.00 bits per heavy atom. The zero-order chi connectivity index (χ0) is 21.4. The van der Waals surface area contributed by atoms with Crippen molar-refractivity contribution in [3.8, 4) is 11.3 Å². The van der Waals surface area contributed by atoms with Crippen molar-refractivity contribution >= 4 is 39.7 Å². The molecule has 0 saturated carbocycles. The van der Waals surface area contributed by atoms with Crippen LogP contribution in [0.2, 0.25) is 0 Å². The Labute approximate surface area is 182 Å². The zero-order valence-electron chi connectivity index (χ0n) is 16.4. The molecule has 2 aromatic heterocycles. The molecule has 4 aromatic rings. The van der Waals surface area contributed by atoms with Crippen LogP contribution in [0.1, 0.15) is 33.6 Å². The van der Waals surface area contributed by atoms with Crippen molar-refractivity contribution < 1.29 is 14.4 Å². The molecule has 31 heavy (non-hydrogen) atoms. The minimum atomic E-state index is -0.296. The number of imidazole rings is 1. The smallest absolute Gasteiger partial charge is 0.261 e. The van der Waals surface area contributed by atoms with Crippen LogP contribution in [0.15, 0.2) is 66.3 Å². The lowest BCUT2D eigenvalue weighted by Gasteiger charge is -2.13. The third-order valence-corrected chi connectivity index (χ3v) is 5.99. The molecule has 8 heteroatoms. The molecule has 0 fully saturated rings. The van der Waals surface area contributed by atoms with Gasteiger partial charge in [0.05, 0.1) is 16.8 Å². The maximum Gasteiger partial charge on any atom is 0.261 e. The highest BCUT2D eigenvalue weighted by Crippen LogP contribution is 2.24. The average Bonchev–Trinajstić information content (AvgIpc) is 3.44. The number of nitrogens with zero attached hydrogens (tertiary/aromatic N) is 3. The topological polar surface area (TPSA) is 83.8 Å². The SMILES string of the molecule is O=C(CCCN1C(=O)c2ccccc2C1=O)Nc1ccc(-c2cn3ccsc3n2)cc1. The van der Waals surface area contributed by atoms with E-state index in [1.54, 1.807) is 35.6 Å². The second-order valence-electron chi connectivity index (χ2n) is 7.26. The van der Waals surface area contributed by atoms with Gasteiger partial charge in [0.15, 0.2) is 4.96 Å². The molecule has 0 aliphatic carbocycles. The van der Waals surface area contributed by atoms with Crippen molar-refractivity contribution in [3.63, 3.8) is 0 Å². The van der Waals surface area contributed by atoms with Gasteiger partial charge < -0.3 is 5.32 Å². The van der Waals surface area contributed by atoms with Crippen molar-refractivity contribution in [1.29, 1.82) is 0 Å². The molecule has 0 unspecified atom stereocenters. The monoisotopic (exact) mass is 430 g/mol. The summed E-state index contributed by atoms with van der Waals surface area (Å²) in [5.41, 5.74) is 3.39. The molecule has 0 atom stereocenters. The minimum Gasteiger partial charge on any atom is -0.326 e. The lowest BCUT2D eigenvalue weighted by atomic mass is 10.1. The summed E-state index contributed by atoms with van der Waals surface area (Å²) in [5, 5.41) is 4.84. The molecule has 0 spiro atoms. The van der Waals surface area contributed by atoms with Crippen molar-refractivity contribution in [3.05, 3.63) is 77.4 Å². The van der Waals surface area contributed by atoms with Gasteiger partial charge in [0, 0.05) is 42.0 Å². The summed E-state index contributed by atoms with van der Waals surface area (Å²) in [4.78, 5) is 43.7. The number of nitrogens with one attached hydrogen (secondary N) is 1. The summed E-state index contributed by atoms with van der Waals surface area (Å²) in [7, 11) is 0. The fourth-order valence-electron chi connectivity index (χ4n) is 3.65. The third kappa shape index (κ3) is 3.62. The van der Waals surface area contributed by atoms with Gasteiger partial charge in [0.1, 0.15) is 0 Å². The molecule has 0 saturated heterocycles. The maximum atomic E-state index is 12.4. The predicted molar refractivity (Wildman–Crippen MR) is 118 cm³/mol. The molecular weight excluding hydrogens is 412 g/mol. The summed E-state index contributed by atoms with van der Waals surface area (Å²) in [6.45, 7) is 0.218. The highest BCUT2D eigenvalue weighted by Gasteiger charge is 2.34. The van der Waals surface area contributed by atoms with E-state index in [0.717, 1.165) is 16.2 Å².